The van der Waals surface area contributed by atoms with Gasteiger partial charge in [-0.1, -0.05) is 12.8 Å². The molecule has 3 rings (SSSR count). The van der Waals surface area contributed by atoms with Crippen LogP contribution in [0.15, 0.2) is 11.2 Å². The molecule has 0 atom stereocenters. The molecule has 0 spiro atoms. The average Bonchev–Trinajstić information content (AvgIpc) is 2.94. The Morgan fingerprint density at radius 2 is 2.00 bits per heavy atom. The Morgan fingerprint density at radius 1 is 1.25 bits per heavy atom. The van der Waals surface area contributed by atoms with Crippen LogP contribution in [0, 0.1) is 5.92 Å². The third-order valence-corrected chi connectivity index (χ3v) is 5.58. The van der Waals surface area contributed by atoms with Crippen molar-refractivity contribution in [2.75, 3.05) is 6.54 Å². The van der Waals surface area contributed by atoms with E-state index in [-0.39, 0.29) is 5.03 Å². The number of nitrogens with zero attached hydrogens (tertiary/aromatic N) is 1. The molecule has 0 bridgehead atoms. The summed E-state index contributed by atoms with van der Waals surface area (Å²) in [5.41, 5.74) is 0.718. The van der Waals surface area contributed by atoms with E-state index >= 15 is 0 Å². The first-order valence-corrected chi connectivity index (χ1v) is 8.89. The highest BCUT2D eigenvalue weighted by Crippen LogP contribution is 2.24. The number of aromatic nitrogens is 2. The summed E-state index contributed by atoms with van der Waals surface area (Å²) >= 11 is 0. The minimum Gasteiger partial charge on any atom is -0.310 e. The van der Waals surface area contributed by atoms with Crippen LogP contribution in [0.2, 0.25) is 0 Å². The zero-order valence-electron chi connectivity index (χ0n) is 11.6. The molecule has 20 heavy (non-hydrogen) atoms. The summed E-state index contributed by atoms with van der Waals surface area (Å²) in [5.74, 6) is 0.487. The molecule has 2 aliphatic rings. The molecule has 7 heteroatoms. The van der Waals surface area contributed by atoms with Gasteiger partial charge >= 0.3 is 0 Å². The molecule has 1 heterocycles. The van der Waals surface area contributed by atoms with Crippen molar-refractivity contribution in [1.82, 2.24) is 20.2 Å². The maximum Gasteiger partial charge on any atom is 0.257 e. The first kappa shape index (κ1) is 14.0. The van der Waals surface area contributed by atoms with Crippen molar-refractivity contribution < 1.29 is 8.42 Å². The summed E-state index contributed by atoms with van der Waals surface area (Å²) in [5, 5.41) is 10.0. The number of hydrogen-bond donors (Lipinski definition) is 3. The molecule has 0 radical (unpaired) electrons. The molecule has 1 aromatic rings. The molecule has 6 nitrogen and oxygen atoms in total. The second kappa shape index (κ2) is 5.83. The van der Waals surface area contributed by atoms with E-state index in [9.17, 15) is 8.42 Å². The number of nitrogens with one attached hydrogen (secondary N) is 3. The predicted molar refractivity (Wildman–Crippen MR) is 75.6 cm³/mol. The van der Waals surface area contributed by atoms with E-state index in [1.54, 1.807) is 6.20 Å². The maximum atomic E-state index is 12.3. The van der Waals surface area contributed by atoms with Crippen LogP contribution >= 0.6 is 0 Å². The Labute approximate surface area is 119 Å². The van der Waals surface area contributed by atoms with E-state index < -0.39 is 10.0 Å². The first-order valence-electron chi connectivity index (χ1n) is 7.40. The smallest absolute Gasteiger partial charge is 0.257 e. The van der Waals surface area contributed by atoms with Crippen molar-refractivity contribution in [1.29, 1.82) is 0 Å². The van der Waals surface area contributed by atoms with Gasteiger partial charge in [0.05, 0.1) is 6.20 Å². The summed E-state index contributed by atoms with van der Waals surface area (Å²) in [4.78, 5) is 0. The van der Waals surface area contributed by atoms with E-state index in [4.69, 9.17) is 0 Å². The minimum absolute atomic E-state index is 0.212. The van der Waals surface area contributed by atoms with Gasteiger partial charge in [0.15, 0.2) is 5.03 Å². The van der Waals surface area contributed by atoms with Crippen molar-refractivity contribution in [3.05, 3.63) is 11.8 Å². The van der Waals surface area contributed by atoms with Crippen LogP contribution in [0.4, 0.5) is 0 Å². The van der Waals surface area contributed by atoms with Gasteiger partial charge in [0.1, 0.15) is 0 Å². The maximum absolute atomic E-state index is 12.3. The van der Waals surface area contributed by atoms with Gasteiger partial charge in [-0.3, -0.25) is 5.10 Å². The standard InChI is InChI=1S/C13H22N4O2S/c18-20(19,16-7-10-3-1-2-4-10)13-11(9-15-17-13)8-14-12-5-6-12/h9-10,12,14,16H,1-8H2,(H,15,17). The van der Waals surface area contributed by atoms with E-state index in [2.05, 4.69) is 20.2 Å². The molecule has 1 aromatic heterocycles. The molecule has 3 N–H and O–H groups in total. The molecular formula is C13H22N4O2S. The van der Waals surface area contributed by atoms with Crippen molar-refractivity contribution >= 4 is 10.0 Å². The highest BCUT2D eigenvalue weighted by molar-refractivity contribution is 7.89. The fourth-order valence-electron chi connectivity index (χ4n) is 2.71. The van der Waals surface area contributed by atoms with Crippen LogP contribution in [-0.2, 0) is 16.6 Å². The van der Waals surface area contributed by atoms with E-state index in [1.165, 1.54) is 25.7 Å². The largest absolute Gasteiger partial charge is 0.310 e. The quantitative estimate of drug-likeness (QED) is 0.704. The molecule has 0 saturated heterocycles. The van der Waals surface area contributed by atoms with Crippen LogP contribution in [0.1, 0.15) is 44.1 Å². The van der Waals surface area contributed by atoms with Gasteiger partial charge in [-0.05, 0) is 31.6 Å². The average molecular weight is 298 g/mol. The number of H-pyrrole nitrogens is 1. The molecular weight excluding hydrogens is 276 g/mol. The zero-order chi connectivity index (χ0) is 14.0. The zero-order valence-corrected chi connectivity index (χ0v) is 12.4. The van der Waals surface area contributed by atoms with Crippen LogP contribution in [0.3, 0.4) is 0 Å². The van der Waals surface area contributed by atoms with Gasteiger partial charge < -0.3 is 5.32 Å². The fraction of sp³-hybridized carbons (Fsp3) is 0.769. The first-order chi connectivity index (χ1) is 9.65. The van der Waals surface area contributed by atoms with Crippen LogP contribution in [0.5, 0.6) is 0 Å². The van der Waals surface area contributed by atoms with Crippen molar-refractivity contribution in [3.8, 4) is 0 Å². The van der Waals surface area contributed by atoms with Gasteiger partial charge in [-0.15, -0.1) is 0 Å². The Bertz CT molecular complexity index is 544. The van der Waals surface area contributed by atoms with Gasteiger partial charge in [-0.2, -0.15) is 5.10 Å². The van der Waals surface area contributed by atoms with E-state index in [0.29, 0.717) is 25.0 Å². The van der Waals surface area contributed by atoms with E-state index in [1.807, 2.05) is 0 Å². The Kier molecular flexibility index (Phi) is 4.09. The second-order valence-corrected chi connectivity index (χ2v) is 7.59. The molecule has 112 valence electrons. The van der Waals surface area contributed by atoms with Gasteiger partial charge in [-0.25, -0.2) is 13.1 Å². The molecule has 0 aliphatic heterocycles. The third kappa shape index (κ3) is 3.39. The van der Waals surface area contributed by atoms with Gasteiger partial charge in [0, 0.05) is 24.7 Å². The summed E-state index contributed by atoms with van der Waals surface area (Å²) in [6.45, 7) is 1.09. The SMILES string of the molecule is O=S(=O)(NCC1CCCC1)c1[nH]ncc1CNC1CC1. The lowest BCUT2D eigenvalue weighted by molar-refractivity contribution is 0.517. The Balaban J connectivity index is 1.61. The lowest BCUT2D eigenvalue weighted by Gasteiger charge is -2.11. The molecule has 0 aromatic carbocycles. The lowest BCUT2D eigenvalue weighted by Crippen LogP contribution is -2.30. The Morgan fingerprint density at radius 3 is 2.70 bits per heavy atom. The topological polar surface area (TPSA) is 86.9 Å². The van der Waals surface area contributed by atoms with E-state index in [0.717, 1.165) is 18.4 Å². The summed E-state index contributed by atoms with van der Waals surface area (Å²) in [6.07, 6.45) is 8.64. The highest BCUT2D eigenvalue weighted by Gasteiger charge is 2.25. The molecule has 0 amide bonds. The summed E-state index contributed by atoms with van der Waals surface area (Å²) in [6, 6.07) is 0.548. The third-order valence-electron chi connectivity index (χ3n) is 4.14. The van der Waals surface area contributed by atoms with Crippen LogP contribution < -0.4 is 10.0 Å². The molecule has 2 saturated carbocycles. The minimum atomic E-state index is -3.47. The summed E-state index contributed by atoms with van der Waals surface area (Å²) < 4.78 is 27.4. The highest BCUT2D eigenvalue weighted by atomic mass is 32.2. The fourth-order valence-corrected chi connectivity index (χ4v) is 3.96. The number of hydrogen-bond acceptors (Lipinski definition) is 4. The van der Waals surface area contributed by atoms with Gasteiger partial charge in [0.2, 0.25) is 0 Å². The number of aromatic amines is 1. The lowest BCUT2D eigenvalue weighted by atomic mass is 10.1. The van der Waals surface area contributed by atoms with Crippen molar-refractivity contribution in [2.45, 2.75) is 56.1 Å². The number of rotatable bonds is 7. The summed E-state index contributed by atoms with van der Waals surface area (Å²) in [7, 11) is -3.47. The monoisotopic (exact) mass is 298 g/mol. The van der Waals surface area contributed by atoms with Crippen molar-refractivity contribution in [3.63, 3.8) is 0 Å². The van der Waals surface area contributed by atoms with Gasteiger partial charge in [0.25, 0.3) is 10.0 Å². The normalized spacial score (nSPS) is 20.6. The Hall–Kier alpha value is -0.920. The van der Waals surface area contributed by atoms with Crippen molar-refractivity contribution in [2.24, 2.45) is 5.92 Å². The predicted octanol–water partition coefficient (Wildman–Crippen LogP) is 1.13. The molecule has 2 aliphatic carbocycles. The number of sulfonamides is 1. The second-order valence-electron chi connectivity index (χ2n) is 5.88. The van der Waals surface area contributed by atoms with Crippen LogP contribution in [-0.4, -0.2) is 31.2 Å². The molecule has 2 fully saturated rings. The van der Waals surface area contributed by atoms with Crippen LogP contribution in [0.25, 0.3) is 0 Å². The molecule has 0 unspecified atom stereocenters.